The molecule has 6 rings (SSSR count). The van der Waals surface area contributed by atoms with E-state index in [0.717, 1.165) is 16.9 Å². The number of benzene rings is 2. The van der Waals surface area contributed by atoms with E-state index < -0.39 is 0 Å². The fraction of sp³-hybridized carbons (Fsp3) is 0.290. The molecule has 3 heteroatoms. The molecule has 0 fully saturated rings. The van der Waals surface area contributed by atoms with Crippen molar-refractivity contribution < 1.29 is 8.98 Å². The third-order valence-corrected chi connectivity index (χ3v) is 7.75. The molecule has 3 aromatic heterocycles. The summed E-state index contributed by atoms with van der Waals surface area (Å²) in [5, 5.41) is 2.35. The van der Waals surface area contributed by atoms with E-state index in [1.165, 1.54) is 55.4 Å². The van der Waals surface area contributed by atoms with Crippen molar-refractivity contribution in [1.82, 2.24) is 4.98 Å². The molecule has 1 aliphatic carbocycles. The van der Waals surface area contributed by atoms with Crippen molar-refractivity contribution in [3.8, 4) is 22.4 Å². The van der Waals surface area contributed by atoms with Crippen molar-refractivity contribution in [3.63, 3.8) is 0 Å². The van der Waals surface area contributed by atoms with Crippen LogP contribution in [-0.4, -0.2) is 4.98 Å². The monoisotopic (exact) mass is 447 g/mol. The zero-order chi connectivity index (χ0) is 23.9. The molecule has 5 aromatic rings. The fourth-order valence-electron chi connectivity index (χ4n) is 5.91. The van der Waals surface area contributed by atoms with Gasteiger partial charge in [0.15, 0.2) is 6.20 Å². The summed E-state index contributed by atoms with van der Waals surface area (Å²) in [5.74, 6) is 0.492. The first kappa shape index (κ1) is 21.1. The van der Waals surface area contributed by atoms with Crippen LogP contribution in [-0.2, 0) is 12.5 Å². The molecule has 170 valence electrons. The molecular weight excluding hydrogens is 416 g/mol. The average molecular weight is 448 g/mol. The molecule has 34 heavy (non-hydrogen) atoms. The second-order valence-electron chi connectivity index (χ2n) is 10.7. The SMILES string of the molecule is Cc1cc(-c2c(C)ccc3c2oc2cc4c(cc23)C(C)(C)c2ncccc2-4)[n+](C)cc1C(C)C. The second-order valence-corrected chi connectivity index (χ2v) is 10.7. The predicted molar refractivity (Wildman–Crippen MR) is 139 cm³/mol. The van der Waals surface area contributed by atoms with Gasteiger partial charge in [-0.3, -0.25) is 4.98 Å². The van der Waals surface area contributed by atoms with Gasteiger partial charge >= 0.3 is 0 Å². The first-order valence-electron chi connectivity index (χ1n) is 12.1. The van der Waals surface area contributed by atoms with Gasteiger partial charge < -0.3 is 4.42 Å². The molecule has 0 aliphatic heterocycles. The highest BCUT2D eigenvalue weighted by molar-refractivity contribution is 6.11. The summed E-state index contributed by atoms with van der Waals surface area (Å²) in [6.07, 6.45) is 4.17. The van der Waals surface area contributed by atoms with E-state index in [-0.39, 0.29) is 5.41 Å². The molecule has 0 amide bonds. The van der Waals surface area contributed by atoms with Crippen LogP contribution in [0, 0.1) is 13.8 Å². The van der Waals surface area contributed by atoms with Crippen LogP contribution in [0.15, 0.2) is 59.3 Å². The van der Waals surface area contributed by atoms with Crippen LogP contribution < -0.4 is 4.57 Å². The van der Waals surface area contributed by atoms with Crippen LogP contribution in [0.2, 0.25) is 0 Å². The Morgan fingerprint density at radius 2 is 1.74 bits per heavy atom. The molecule has 1 aliphatic rings. The quantitative estimate of drug-likeness (QED) is 0.262. The lowest BCUT2D eigenvalue weighted by Crippen LogP contribution is -2.32. The van der Waals surface area contributed by atoms with Gasteiger partial charge in [-0.1, -0.05) is 45.9 Å². The topological polar surface area (TPSA) is 29.9 Å². The van der Waals surface area contributed by atoms with Gasteiger partial charge in [-0.25, -0.2) is 4.57 Å². The number of fused-ring (bicyclic) bond motifs is 6. The minimum atomic E-state index is -0.131. The van der Waals surface area contributed by atoms with Crippen molar-refractivity contribution in [1.29, 1.82) is 0 Å². The maximum atomic E-state index is 6.67. The minimum Gasteiger partial charge on any atom is -0.455 e. The summed E-state index contributed by atoms with van der Waals surface area (Å²) in [6.45, 7) is 13.4. The molecule has 0 atom stereocenters. The number of pyridine rings is 2. The van der Waals surface area contributed by atoms with E-state index in [4.69, 9.17) is 9.40 Å². The van der Waals surface area contributed by atoms with Gasteiger partial charge in [-0.15, -0.1) is 0 Å². The molecule has 0 radical (unpaired) electrons. The lowest BCUT2D eigenvalue weighted by molar-refractivity contribution is -0.660. The Balaban J connectivity index is 1.65. The van der Waals surface area contributed by atoms with Crippen LogP contribution in [0.25, 0.3) is 44.3 Å². The molecule has 3 heterocycles. The zero-order valence-corrected chi connectivity index (χ0v) is 21.1. The van der Waals surface area contributed by atoms with Crippen molar-refractivity contribution in [2.24, 2.45) is 7.05 Å². The highest BCUT2D eigenvalue weighted by Gasteiger charge is 2.37. The van der Waals surface area contributed by atoms with Gasteiger partial charge in [0.2, 0.25) is 5.69 Å². The van der Waals surface area contributed by atoms with Crippen LogP contribution in [0.3, 0.4) is 0 Å². The van der Waals surface area contributed by atoms with Crippen molar-refractivity contribution >= 4 is 21.9 Å². The Morgan fingerprint density at radius 1 is 0.941 bits per heavy atom. The number of furan rings is 1. The minimum absolute atomic E-state index is 0.131. The Labute approximate surface area is 201 Å². The number of aromatic nitrogens is 2. The molecule has 2 aromatic carbocycles. The van der Waals surface area contributed by atoms with Crippen molar-refractivity contribution in [2.45, 2.75) is 52.9 Å². The summed E-state index contributed by atoms with van der Waals surface area (Å²) in [7, 11) is 2.14. The van der Waals surface area contributed by atoms with Crippen LogP contribution in [0.5, 0.6) is 0 Å². The summed E-state index contributed by atoms with van der Waals surface area (Å²) >= 11 is 0. The second kappa shape index (κ2) is 7.02. The standard InChI is InChI=1S/C31H31N2O/c1-17(2)24-16-33(7)26(13-19(24)4)28-18(3)10-11-20-23-14-25-22(15-27(23)34-29(20)28)21-9-8-12-32-30(21)31(25,5)6/h8-17H,1-7H3/q+1. The van der Waals surface area contributed by atoms with Crippen LogP contribution >= 0.6 is 0 Å². The number of rotatable bonds is 2. The lowest BCUT2D eigenvalue weighted by atomic mass is 9.84. The number of hydrogen-bond donors (Lipinski definition) is 0. The van der Waals surface area contributed by atoms with E-state index in [0.29, 0.717) is 5.92 Å². The van der Waals surface area contributed by atoms with E-state index >= 15 is 0 Å². The van der Waals surface area contributed by atoms with E-state index in [9.17, 15) is 0 Å². The first-order chi connectivity index (χ1) is 16.2. The number of hydrogen-bond acceptors (Lipinski definition) is 2. The third-order valence-electron chi connectivity index (χ3n) is 7.75. The van der Waals surface area contributed by atoms with Crippen LogP contribution in [0.1, 0.15) is 61.6 Å². The van der Waals surface area contributed by atoms with E-state index in [1.54, 1.807) is 0 Å². The van der Waals surface area contributed by atoms with Crippen molar-refractivity contribution in [2.75, 3.05) is 0 Å². The summed E-state index contributed by atoms with van der Waals surface area (Å²) in [6, 6.07) is 15.5. The smallest absolute Gasteiger partial charge is 0.216 e. The largest absolute Gasteiger partial charge is 0.455 e. The molecule has 0 spiro atoms. The van der Waals surface area contributed by atoms with E-state index in [2.05, 4.69) is 95.8 Å². The Bertz CT molecular complexity index is 1640. The fourth-order valence-corrected chi connectivity index (χ4v) is 5.91. The maximum Gasteiger partial charge on any atom is 0.216 e. The van der Waals surface area contributed by atoms with Gasteiger partial charge in [0, 0.05) is 39.6 Å². The highest BCUT2D eigenvalue weighted by atomic mass is 16.3. The average Bonchev–Trinajstić information content (AvgIpc) is 3.26. The molecule has 0 saturated carbocycles. The summed E-state index contributed by atoms with van der Waals surface area (Å²) < 4.78 is 8.92. The Morgan fingerprint density at radius 3 is 2.50 bits per heavy atom. The molecular formula is C31H31N2O+. The Kier molecular flexibility index (Phi) is 4.36. The number of aryl methyl sites for hydroxylation is 3. The molecule has 0 bridgehead atoms. The highest BCUT2D eigenvalue weighted by Crippen LogP contribution is 2.50. The van der Waals surface area contributed by atoms with Crippen LogP contribution in [0.4, 0.5) is 0 Å². The zero-order valence-electron chi connectivity index (χ0n) is 21.1. The molecule has 0 unspecified atom stereocenters. The maximum absolute atomic E-state index is 6.67. The lowest BCUT2D eigenvalue weighted by Gasteiger charge is -2.19. The summed E-state index contributed by atoms with van der Waals surface area (Å²) in [5.41, 5.74) is 13.0. The number of nitrogens with zero attached hydrogens (tertiary/aromatic N) is 2. The predicted octanol–water partition coefficient (Wildman–Crippen LogP) is 7.52. The summed E-state index contributed by atoms with van der Waals surface area (Å²) in [4.78, 5) is 4.73. The van der Waals surface area contributed by atoms with Gasteiger partial charge in [0.05, 0.1) is 11.3 Å². The first-order valence-corrected chi connectivity index (χ1v) is 12.1. The Hall–Kier alpha value is -3.46. The normalized spacial score (nSPS) is 14.2. The third kappa shape index (κ3) is 2.76. The van der Waals surface area contributed by atoms with E-state index in [1.807, 2.05) is 12.3 Å². The molecule has 0 N–H and O–H groups in total. The van der Waals surface area contributed by atoms with Gasteiger partial charge in [0.1, 0.15) is 18.2 Å². The molecule has 3 nitrogen and oxygen atoms in total. The molecule has 0 saturated heterocycles. The van der Waals surface area contributed by atoms with Gasteiger partial charge in [-0.2, -0.15) is 0 Å². The van der Waals surface area contributed by atoms with Gasteiger partial charge in [0.25, 0.3) is 0 Å². The van der Waals surface area contributed by atoms with Crippen molar-refractivity contribution in [3.05, 3.63) is 82.8 Å². The van der Waals surface area contributed by atoms with Gasteiger partial charge in [-0.05, 0) is 60.2 Å².